The van der Waals surface area contributed by atoms with E-state index < -0.39 is 0 Å². The van der Waals surface area contributed by atoms with Gasteiger partial charge in [0.2, 0.25) is 0 Å². The summed E-state index contributed by atoms with van der Waals surface area (Å²) in [5.74, 6) is 0. The van der Waals surface area contributed by atoms with E-state index in [4.69, 9.17) is 15.2 Å². The zero-order valence-corrected chi connectivity index (χ0v) is 11.0. The van der Waals surface area contributed by atoms with Gasteiger partial charge < -0.3 is 15.2 Å². The molecule has 1 heterocycles. The number of nitrogen functional groups attached to an aromatic ring is 1. The van der Waals surface area contributed by atoms with E-state index in [1.165, 1.54) is 11.1 Å². The van der Waals surface area contributed by atoms with Gasteiger partial charge in [-0.2, -0.15) is 0 Å². The van der Waals surface area contributed by atoms with Crippen LogP contribution in [0.15, 0.2) is 18.2 Å². The van der Waals surface area contributed by atoms with Gasteiger partial charge in [-0.3, -0.25) is 4.90 Å². The van der Waals surface area contributed by atoms with Crippen LogP contribution in [-0.4, -0.2) is 38.4 Å². The quantitative estimate of drug-likeness (QED) is 0.590. The van der Waals surface area contributed by atoms with Crippen molar-refractivity contribution in [3.8, 4) is 0 Å². The molecule has 2 rings (SSSR count). The number of nitrogens with zero attached hydrogens (tertiary/aromatic N) is 1. The topological polar surface area (TPSA) is 47.7 Å². The first-order valence-corrected chi connectivity index (χ1v) is 6.46. The fourth-order valence-electron chi connectivity index (χ4n) is 2.28. The van der Waals surface area contributed by atoms with E-state index in [9.17, 15) is 0 Å². The van der Waals surface area contributed by atoms with E-state index in [0.29, 0.717) is 0 Å². The fourth-order valence-corrected chi connectivity index (χ4v) is 2.28. The Bertz CT molecular complexity index is 382. The minimum absolute atomic E-state index is 0.770. The molecule has 18 heavy (non-hydrogen) atoms. The number of methoxy groups -OCH3 is 1. The highest BCUT2D eigenvalue weighted by Crippen LogP contribution is 2.26. The molecule has 0 aromatic heterocycles. The molecule has 0 amide bonds. The van der Waals surface area contributed by atoms with Gasteiger partial charge in [0.1, 0.15) is 0 Å². The minimum Gasteiger partial charge on any atom is -0.398 e. The summed E-state index contributed by atoms with van der Waals surface area (Å²) in [5, 5.41) is 0. The van der Waals surface area contributed by atoms with E-state index >= 15 is 0 Å². The summed E-state index contributed by atoms with van der Waals surface area (Å²) in [6.07, 6.45) is 0.962. The van der Waals surface area contributed by atoms with Gasteiger partial charge in [0.05, 0.1) is 6.61 Å². The monoisotopic (exact) mass is 250 g/mol. The lowest BCUT2D eigenvalue weighted by Gasteiger charge is -2.14. The van der Waals surface area contributed by atoms with Crippen LogP contribution in [-0.2, 0) is 22.6 Å². The fraction of sp³-hybridized carbons (Fsp3) is 0.571. The molecule has 4 heteroatoms. The van der Waals surface area contributed by atoms with Crippen molar-refractivity contribution in [3.05, 3.63) is 29.3 Å². The van der Waals surface area contributed by atoms with Crippen molar-refractivity contribution >= 4 is 5.69 Å². The summed E-state index contributed by atoms with van der Waals surface area (Å²) >= 11 is 0. The summed E-state index contributed by atoms with van der Waals surface area (Å²) in [6, 6.07) is 6.16. The molecule has 0 spiro atoms. The normalized spacial score (nSPS) is 14.9. The average molecular weight is 250 g/mol. The summed E-state index contributed by atoms with van der Waals surface area (Å²) in [6.45, 7) is 5.21. The summed E-state index contributed by atoms with van der Waals surface area (Å²) < 4.78 is 10.5. The summed E-state index contributed by atoms with van der Waals surface area (Å²) in [5.41, 5.74) is 9.53. The molecule has 100 valence electrons. The Morgan fingerprint density at radius 1 is 1.22 bits per heavy atom. The molecule has 2 N–H and O–H groups in total. The standard InChI is InChI=1S/C14H22N2O2/c1-17-7-3-8-18-9-6-16-10-12-4-2-5-14(15)13(12)11-16/h2,4-5H,3,6-11,15H2,1H3. The largest absolute Gasteiger partial charge is 0.398 e. The third-order valence-electron chi connectivity index (χ3n) is 3.27. The van der Waals surface area contributed by atoms with Crippen LogP contribution in [0.2, 0.25) is 0 Å². The van der Waals surface area contributed by atoms with Gasteiger partial charge in [-0.15, -0.1) is 0 Å². The van der Waals surface area contributed by atoms with Crippen LogP contribution < -0.4 is 5.73 Å². The molecule has 0 saturated carbocycles. The highest BCUT2D eigenvalue weighted by molar-refractivity contribution is 5.52. The SMILES string of the molecule is COCCCOCCN1Cc2cccc(N)c2C1. The first-order valence-electron chi connectivity index (χ1n) is 6.46. The predicted octanol–water partition coefficient (Wildman–Crippen LogP) is 1.64. The van der Waals surface area contributed by atoms with Gasteiger partial charge in [-0.05, 0) is 23.6 Å². The van der Waals surface area contributed by atoms with E-state index in [1.54, 1.807) is 7.11 Å². The van der Waals surface area contributed by atoms with Gasteiger partial charge in [0, 0.05) is 45.6 Å². The van der Waals surface area contributed by atoms with Crippen molar-refractivity contribution in [3.63, 3.8) is 0 Å². The van der Waals surface area contributed by atoms with Gasteiger partial charge in [-0.1, -0.05) is 12.1 Å². The summed E-state index contributed by atoms with van der Waals surface area (Å²) in [4.78, 5) is 2.37. The summed E-state index contributed by atoms with van der Waals surface area (Å²) in [7, 11) is 1.71. The highest BCUT2D eigenvalue weighted by atomic mass is 16.5. The van der Waals surface area contributed by atoms with Gasteiger partial charge in [0.25, 0.3) is 0 Å². The van der Waals surface area contributed by atoms with E-state index in [0.717, 1.165) is 51.6 Å². The zero-order valence-electron chi connectivity index (χ0n) is 11.0. The number of anilines is 1. The number of hydrogen-bond donors (Lipinski definition) is 1. The Morgan fingerprint density at radius 3 is 2.89 bits per heavy atom. The molecule has 1 aliphatic rings. The second-order valence-electron chi connectivity index (χ2n) is 4.65. The van der Waals surface area contributed by atoms with Crippen LogP contribution in [0.3, 0.4) is 0 Å². The van der Waals surface area contributed by atoms with Crippen molar-refractivity contribution in [2.75, 3.05) is 39.2 Å². The number of hydrogen-bond acceptors (Lipinski definition) is 4. The Hall–Kier alpha value is -1.10. The van der Waals surface area contributed by atoms with Crippen LogP contribution in [0.25, 0.3) is 0 Å². The first-order chi connectivity index (χ1) is 8.81. The molecule has 1 aliphatic heterocycles. The van der Waals surface area contributed by atoms with Crippen molar-refractivity contribution < 1.29 is 9.47 Å². The van der Waals surface area contributed by atoms with Gasteiger partial charge in [0.15, 0.2) is 0 Å². The second-order valence-corrected chi connectivity index (χ2v) is 4.65. The second kappa shape index (κ2) is 6.73. The molecule has 0 radical (unpaired) electrons. The molecule has 1 aromatic rings. The number of fused-ring (bicyclic) bond motifs is 1. The maximum atomic E-state index is 5.97. The van der Waals surface area contributed by atoms with Crippen molar-refractivity contribution in [2.45, 2.75) is 19.5 Å². The smallest absolute Gasteiger partial charge is 0.0593 e. The number of rotatable bonds is 7. The minimum atomic E-state index is 0.770. The molecule has 0 saturated heterocycles. The molecule has 0 unspecified atom stereocenters. The molecule has 0 fully saturated rings. The number of ether oxygens (including phenoxy) is 2. The van der Waals surface area contributed by atoms with Crippen LogP contribution in [0, 0.1) is 0 Å². The Kier molecular flexibility index (Phi) is 4.99. The molecule has 1 aromatic carbocycles. The van der Waals surface area contributed by atoms with Gasteiger partial charge >= 0.3 is 0 Å². The lowest BCUT2D eigenvalue weighted by Crippen LogP contribution is -2.22. The van der Waals surface area contributed by atoms with E-state index in [-0.39, 0.29) is 0 Å². The van der Waals surface area contributed by atoms with Crippen LogP contribution in [0.4, 0.5) is 5.69 Å². The molecule has 4 nitrogen and oxygen atoms in total. The van der Waals surface area contributed by atoms with Crippen LogP contribution >= 0.6 is 0 Å². The predicted molar refractivity (Wildman–Crippen MR) is 72.3 cm³/mol. The Morgan fingerprint density at radius 2 is 2.11 bits per heavy atom. The maximum Gasteiger partial charge on any atom is 0.0593 e. The Labute approximate surface area is 109 Å². The molecular formula is C14H22N2O2. The number of nitrogens with two attached hydrogens (primary N) is 1. The third kappa shape index (κ3) is 3.45. The number of benzene rings is 1. The van der Waals surface area contributed by atoms with E-state index in [1.807, 2.05) is 12.1 Å². The van der Waals surface area contributed by atoms with Crippen molar-refractivity contribution in [1.29, 1.82) is 0 Å². The van der Waals surface area contributed by atoms with E-state index in [2.05, 4.69) is 11.0 Å². The third-order valence-corrected chi connectivity index (χ3v) is 3.27. The highest BCUT2D eigenvalue weighted by Gasteiger charge is 2.19. The van der Waals surface area contributed by atoms with Crippen LogP contribution in [0.5, 0.6) is 0 Å². The lowest BCUT2D eigenvalue weighted by molar-refractivity contribution is 0.0832. The molecule has 0 atom stereocenters. The van der Waals surface area contributed by atoms with Crippen molar-refractivity contribution in [1.82, 2.24) is 4.90 Å². The molecule has 0 bridgehead atoms. The Balaban J connectivity index is 1.67. The molecular weight excluding hydrogens is 228 g/mol. The maximum absolute atomic E-state index is 5.97. The zero-order chi connectivity index (χ0) is 12.8. The van der Waals surface area contributed by atoms with Gasteiger partial charge in [-0.25, -0.2) is 0 Å². The lowest BCUT2D eigenvalue weighted by atomic mass is 10.1. The first kappa shape index (κ1) is 13.3. The van der Waals surface area contributed by atoms with Crippen molar-refractivity contribution in [2.24, 2.45) is 0 Å². The van der Waals surface area contributed by atoms with Crippen LogP contribution in [0.1, 0.15) is 17.5 Å². The average Bonchev–Trinajstić information content (AvgIpc) is 2.78. The molecule has 0 aliphatic carbocycles.